The highest BCUT2D eigenvalue weighted by Crippen LogP contribution is 2.34. The van der Waals surface area contributed by atoms with E-state index < -0.39 is 0 Å². The van der Waals surface area contributed by atoms with Gasteiger partial charge in [-0.25, -0.2) is 4.98 Å². The minimum absolute atomic E-state index is 0.172. The summed E-state index contributed by atoms with van der Waals surface area (Å²) in [6.07, 6.45) is 9.85. The first-order valence-electron chi connectivity index (χ1n) is 13.8. The molecule has 1 saturated carbocycles. The molecule has 2 aromatic carbocycles. The number of hydrogen-bond donors (Lipinski definition) is 0. The van der Waals surface area contributed by atoms with Gasteiger partial charge in [-0.2, -0.15) is 0 Å². The molecule has 0 radical (unpaired) electrons. The van der Waals surface area contributed by atoms with Crippen molar-refractivity contribution in [3.8, 4) is 17.4 Å². The zero-order valence-electron chi connectivity index (χ0n) is 22.6. The first kappa shape index (κ1) is 26.4. The smallest absolute Gasteiger partial charge is 0.236 e. The summed E-state index contributed by atoms with van der Waals surface area (Å²) in [6, 6.07) is 17.3. The molecular formula is C31H39N3O4. The van der Waals surface area contributed by atoms with E-state index in [-0.39, 0.29) is 6.10 Å². The molecule has 0 spiro atoms. The Bertz CT molecular complexity index is 1080. The van der Waals surface area contributed by atoms with Crippen LogP contribution >= 0.6 is 0 Å². The molecule has 0 N–H and O–H groups in total. The highest BCUT2D eigenvalue weighted by molar-refractivity contribution is 5.29. The van der Waals surface area contributed by atoms with Crippen LogP contribution in [0, 0.1) is 0 Å². The molecule has 7 nitrogen and oxygen atoms in total. The summed E-state index contributed by atoms with van der Waals surface area (Å²) >= 11 is 0. The first-order valence-corrected chi connectivity index (χ1v) is 13.8. The fraction of sp³-hybridized carbons (Fsp3) is 0.484. The number of ether oxygens (including phenoxy) is 4. The van der Waals surface area contributed by atoms with Gasteiger partial charge >= 0.3 is 0 Å². The SMILES string of the molecule is COc1ccc(CN(Cc2ccc(OC)cc2)C2CCC(Oc3nccnc3C3CCOCC3)CC2)cc1. The number of methoxy groups -OCH3 is 2. The molecular weight excluding hydrogens is 478 g/mol. The molecule has 38 heavy (non-hydrogen) atoms. The van der Waals surface area contributed by atoms with Crippen molar-refractivity contribution in [2.45, 2.75) is 69.7 Å². The molecule has 7 heteroatoms. The van der Waals surface area contributed by atoms with Crippen LogP contribution < -0.4 is 14.2 Å². The summed E-state index contributed by atoms with van der Waals surface area (Å²) in [4.78, 5) is 11.9. The van der Waals surface area contributed by atoms with Crippen molar-refractivity contribution in [1.82, 2.24) is 14.9 Å². The lowest BCUT2D eigenvalue weighted by Crippen LogP contribution is -2.39. The average Bonchev–Trinajstić information content (AvgIpc) is 2.99. The van der Waals surface area contributed by atoms with Gasteiger partial charge in [-0.1, -0.05) is 24.3 Å². The van der Waals surface area contributed by atoms with Crippen LogP contribution in [0.1, 0.15) is 61.3 Å². The molecule has 0 unspecified atom stereocenters. The van der Waals surface area contributed by atoms with Gasteiger partial charge in [0.2, 0.25) is 5.88 Å². The summed E-state index contributed by atoms with van der Waals surface area (Å²) in [7, 11) is 3.41. The predicted octanol–water partition coefficient (Wildman–Crippen LogP) is 5.78. The fourth-order valence-corrected chi connectivity index (χ4v) is 5.61. The molecule has 3 aromatic rings. The van der Waals surface area contributed by atoms with Crippen LogP contribution in [0.2, 0.25) is 0 Å². The second-order valence-electron chi connectivity index (χ2n) is 10.3. The number of rotatable bonds is 10. The van der Waals surface area contributed by atoms with Crippen molar-refractivity contribution in [2.75, 3.05) is 27.4 Å². The largest absolute Gasteiger partial charge is 0.497 e. The van der Waals surface area contributed by atoms with Crippen molar-refractivity contribution in [3.05, 3.63) is 77.7 Å². The van der Waals surface area contributed by atoms with Gasteiger partial charge in [-0.15, -0.1) is 0 Å². The normalized spacial score (nSPS) is 20.3. The van der Waals surface area contributed by atoms with E-state index in [1.807, 2.05) is 24.3 Å². The van der Waals surface area contributed by atoms with Crippen LogP contribution in [0.4, 0.5) is 0 Å². The Hall–Kier alpha value is -3.16. The Morgan fingerprint density at radius 1 is 0.737 bits per heavy atom. The number of hydrogen-bond acceptors (Lipinski definition) is 7. The zero-order chi connectivity index (χ0) is 26.2. The zero-order valence-corrected chi connectivity index (χ0v) is 22.6. The van der Waals surface area contributed by atoms with Gasteiger partial charge in [-0.3, -0.25) is 9.88 Å². The molecule has 2 fully saturated rings. The molecule has 1 saturated heterocycles. The highest BCUT2D eigenvalue weighted by atomic mass is 16.5. The van der Waals surface area contributed by atoms with Crippen molar-refractivity contribution in [3.63, 3.8) is 0 Å². The van der Waals surface area contributed by atoms with Gasteiger partial charge in [-0.05, 0) is 73.9 Å². The molecule has 0 amide bonds. The predicted molar refractivity (Wildman–Crippen MR) is 147 cm³/mol. The van der Waals surface area contributed by atoms with Gasteiger partial charge in [0.05, 0.1) is 14.2 Å². The van der Waals surface area contributed by atoms with E-state index in [1.165, 1.54) is 11.1 Å². The molecule has 5 rings (SSSR count). The van der Waals surface area contributed by atoms with Crippen molar-refractivity contribution in [2.24, 2.45) is 0 Å². The Balaban J connectivity index is 1.24. The quantitative estimate of drug-likeness (QED) is 0.338. The first-order chi connectivity index (χ1) is 18.7. The van der Waals surface area contributed by atoms with Gasteiger partial charge < -0.3 is 18.9 Å². The van der Waals surface area contributed by atoms with E-state index in [4.69, 9.17) is 18.9 Å². The third kappa shape index (κ3) is 6.83. The second-order valence-corrected chi connectivity index (χ2v) is 10.3. The average molecular weight is 518 g/mol. The molecule has 1 aliphatic carbocycles. The molecule has 2 heterocycles. The van der Waals surface area contributed by atoms with Crippen molar-refractivity contribution < 1.29 is 18.9 Å². The Morgan fingerprint density at radius 2 is 1.29 bits per heavy atom. The number of nitrogens with zero attached hydrogens (tertiary/aromatic N) is 3. The number of aromatic nitrogens is 2. The fourth-order valence-electron chi connectivity index (χ4n) is 5.61. The number of benzene rings is 2. The van der Waals surface area contributed by atoms with Crippen molar-refractivity contribution >= 4 is 0 Å². The maximum atomic E-state index is 6.49. The maximum absolute atomic E-state index is 6.49. The van der Waals surface area contributed by atoms with Crippen LogP contribution in [-0.4, -0.2) is 54.4 Å². The molecule has 2 aliphatic rings. The lowest BCUT2D eigenvalue weighted by atomic mass is 9.91. The van der Waals surface area contributed by atoms with Gasteiger partial charge in [0.15, 0.2) is 0 Å². The van der Waals surface area contributed by atoms with Crippen LogP contribution in [0.3, 0.4) is 0 Å². The lowest BCUT2D eigenvalue weighted by molar-refractivity contribution is 0.0707. The van der Waals surface area contributed by atoms with Gasteiger partial charge in [0.25, 0.3) is 0 Å². The molecule has 0 bridgehead atoms. The molecule has 202 valence electrons. The topological polar surface area (TPSA) is 65.9 Å². The summed E-state index contributed by atoms with van der Waals surface area (Å²) < 4.78 is 22.8. The van der Waals surface area contributed by atoms with E-state index in [9.17, 15) is 0 Å². The van der Waals surface area contributed by atoms with Crippen LogP contribution in [-0.2, 0) is 17.8 Å². The summed E-state index contributed by atoms with van der Waals surface area (Å²) in [5, 5.41) is 0. The van der Waals surface area contributed by atoms with Crippen molar-refractivity contribution in [1.29, 1.82) is 0 Å². The molecule has 0 atom stereocenters. The minimum atomic E-state index is 0.172. The van der Waals surface area contributed by atoms with E-state index in [1.54, 1.807) is 26.6 Å². The monoisotopic (exact) mass is 517 g/mol. The summed E-state index contributed by atoms with van der Waals surface area (Å²) in [6.45, 7) is 3.35. The van der Waals surface area contributed by atoms with E-state index in [0.29, 0.717) is 12.0 Å². The molecule has 1 aromatic heterocycles. The van der Waals surface area contributed by atoms with Crippen LogP contribution in [0.5, 0.6) is 17.4 Å². The third-order valence-electron chi connectivity index (χ3n) is 7.83. The standard InChI is InChI=1S/C31H39N3O4/c1-35-27-9-3-23(4-10-27)21-34(22-24-5-11-28(36-2)12-6-24)26-7-13-29(14-8-26)38-31-30(32-17-18-33-31)25-15-19-37-20-16-25/h3-6,9-12,17-18,25-26,29H,7-8,13-16,19-22H2,1-2H3. The summed E-state index contributed by atoms with van der Waals surface area (Å²) in [5.74, 6) is 2.86. The molecule has 1 aliphatic heterocycles. The van der Waals surface area contributed by atoms with E-state index in [2.05, 4.69) is 39.1 Å². The lowest BCUT2D eigenvalue weighted by Gasteiger charge is -2.37. The highest BCUT2D eigenvalue weighted by Gasteiger charge is 2.29. The second kappa shape index (κ2) is 13.1. The van der Waals surface area contributed by atoms with Crippen LogP contribution in [0.25, 0.3) is 0 Å². The van der Waals surface area contributed by atoms with Gasteiger partial charge in [0.1, 0.15) is 23.3 Å². The Morgan fingerprint density at radius 3 is 1.84 bits per heavy atom. The third-order valence-corrected chi connectivity index (χ3v) is 7.83. The Kier molecular flexibility index (Phi) is 9.10. The Labute approximate surface area is 226 Å². The summed E-state index contributed by atoms with van der Waals surface area (Å²) in [5.41, 5.74) is 3.58. The van der Waals surface area contributed by atoms with E-state index >= 15 is 0 Å². The van der Waals surface area contributed by atoms with Crippen LogP contribution in [0.15, 0.2) is 60.9 Å². The maximum Gasteiger partial charge on any atom is 0.236 e. The van der Waals surface area contributed by atoms with Gasteiger partial charge in [0, 0.05) is 50.7 Å². The van der Waals surface area contributed by atoms with E-state index in [0.717, 1.165) is 87.9 Å². The minimum Gasteiger partial charge on any atom is -0.497 e.